The summed E-state index contributed by atoms with van der Waals surface area (Å²) in [5.41, 5.74) is 0.994. The molecule has 1 aromatic rings. The van der Waals surface area contributed by atoms with E-state index < -0.39 is 0 Å². The number of ether oxygens (including phenoxy) is 1. The molecule has 1 fully saturated rings. The summed E-state index contributed by atoms with van der Waals surface area (Å²) >= 11 is 6.15. The summed E-state index contributed by atoms with van der Waals surface area (Å²) in [6, 6.07) is 7.67. The predicted octanol–water partition coefficient (Wildman–Crippen LogP) is 1.71. The zero-order valence-corrected chi connectivity index (χ0v) is 9.86. The number of aliphatic hydroxyl groups excluding tert-OH is 1. The molecule has 1 heterocycles. The minimum absolute atomic E-state index is 0.0161. The van der Waals surface area contributed by atoms with Crippen LogP contribution in [0.4, 0.5) is 0 Å². The average molecular weight is 242 g/mol. The van der Waals surface area contributed by atoms with Crippen LogP contribution in [-0.4, -0.2) is 42.9 Å². The smallest absolute Gasteiger partial charge is 0.0629 e. The molecule has 1 N–H and O–H groups in total. The van der Waals surface area contributed by atoms with Crippen LogP contribution < -0.4 is 0 Å². The van der Waals surface area contributed by atoms with Crippen molar-refractivity contribution in [2.24, 2.45) is 0 Å². The van der Waals surface area contributed by atoms with E-state index in [1.54, 1.807) is 0 Å². The maximum Gasteiger partial charge on any atom is 0.0629 e. The lowest BCUT2D eigenvalue weighted by Gasteiger charge is -2.34. The Morgan fingerprint density at radius 3 is 2.62 bits per heavy atom. The summed E-state index contributed by atoms with van der Waals surface area (Å²) in [6.07, 6.45) is 0. The Morgan fingerprint density at radius 1 is 1.31 bits per heavy atom. The molecule has 1 aromatic carbocycles. The lowest BCUT2D eigenvalue weighted by Crippen LogP contribution is -2.40. The molecule has 1 saturated heterocycles. The van der Waals surface area contributed by atoms with Gasteiger partial charge in [-0.05, 0) is 11.6 Å². The number of rotatable bonds is 3. The molecule has 0 saturated carbocycles. The zero-order chi connectivity index (χ0) is 11.4. The monoisotopic (exact) mass is 241 g/mol. The molecule has 2 rings (SSSR count). The predicted molar refractivity (Wildman–Crippen MR) is 63.7 cm³/mol. The minimum Gasteiger partial charge on any atom is -0.394 e. The number of morpholine rings is 1. The van der Waals surface area contributed by atoms with Crippen LogP contribution in [0.5, 0.6) is 0 Å². The highest BCUT2D eigenvalue weighted by atomic mass is 35.5. The van der Waals surface area contributed by atoms with Crippen molar-refractivity contribution in [3.05, 3.63) is 34.9 Å². The quantitative estimate of drug-likeness (QED) is 0.875. The highest BCUT2D eigenvalue weighted by molar-refractivity contribution is 6.31. The number of aliphatic hydroxyl groups is 1. The number of hydrogen-bond acceptors (Lipinski definition) is 3. The Labute approximate surface area is 101 Å². The Hall–Kier alpha value is -0.610. The number of nitrogens with zero attached hydrogens (tertiary/aromatic N) is 1. The SMILES string of the molecule is OC[C@H](c1ccccc1Cl)N1CCOCC1. The molecule has 0 aliphatic carbocycles. The van der Waals surface area contributed by atoms with E-state index in [4.69, 9.17) is 16.3 Å². The zero-order valence-electron chi connectivity index (χ0n) is 9.10. The maximum absolute atomic E-state index is 9.52. The van der Waals surface area contributed by atoms with E-state index in [-0.39, 0.29) is 12.6 Å². The lowest BCUT2D eigenvalue weighted by atomic mass is 10.1. The van der Waals surface area contributed by atoms with Crippen LogP contribution in [0.1, 0.15) is 11.6 Å². The van der Waals surface area contributed by atoms with Crippen molar-refractivity contribution >= 4 is 11.6 Å². The van der Waals surface area contributed by atoms with Crippen LogP contribution in [0, 0.1) is 0 Å². The molecule has 0 radical (unpaired) electrons. The van der Waals surface area contributed by atoms with Gasteiger partial charge < -0.3 is 9.84 Å². The van der Waals surface area contributed by atoms with Crippen LogP contribution in [0.15, 0.2) is 24.3 Å². The molecule has 3 nitrogen and oxygen atoms in total. The van der Waals surface area contributed by atoms with Crippen molar-refractivity contribution in [2.45, 2.75) is 6.04 Å². The molecular formula is C12H16ClNO2. The first-order valence-corrected chi connectivity index (χ1v) is 5.88. The lowest BCUT2D eigenvalue weighted by molar-refractivity contribution is 0.00261. The van der Waals surface area contributed by atoms with Gasteiger partial charge in [-0.2, -0.15) is 0 Å². The van der Waals surface area contributed by atoms with E-state index in [0.717, 1.165) is 31.9 Å². The van der Waals surface area contributed by atoms with E-state index in [2.05, 4.69) is 4.90 Å². The molecule has 88 valence electrons. The van der Waals surface area contributed by atoms with Crippen molar-refractivity contribution in [1.82, 2.24) is 4.90 Å². The maximum atomic E-state index is 9.52. The molecule has 0 spiro atoms. The van der Waals surface area contributed by atoms with Gasteiger partial charge in [0.05, 0.1) is 25.9 Å². The van der Waals surface area contributed by atoms with E-state index in [1.807, 2.05) is 24.3 Å². The Bertz CT molecular complexity index is 340. The molecule has 0 aromatic heterocycles. The summed E-state index contributed by atoms with van der Waals surface area (Å²) in [4.78, 5) is 2.21. The summed E-state index contributed by atoms with van der Waals surface area (Å²) in [7, 11) is 0. The van der Waals surface area contributed by atoms with Crippen LogP contribution in [0.25, 0.3) is 0 Å². The fraction of sp³-hybridized carbons (Fsp3) is 0.500. The highest BCUT2D eigenvalue weighted by Gasteiger charge is 2.23. The van der Waals surface area contributed by atoms with E-state index in [1.165, 1.54) is 0 Å². The van der Waals surface area contributed by atoms with Gasteiger partial charge in [-0.3, -0.25) is 4.90 Å². The normalized spacial score (nSPS) is 19.6. The van der Waals surface area contributed by atoms with E-state index in [9.17, 15) is 5.11 Å². The van der Waals surface area contributed by atoms with Crippen molar-refractivity contribution in [3.8, 4) is 0 Å². The van der Waals surface area contributed by atoms with Crippen LogP contribution >= 0.6 is 11.6 Å². The topological polar surface area (TPSA) is 32.7 Å². The Balaban J connectivity index is 2.18. The molecule has 4 heteroatoms. The second-order valence-corrected chi connectivity index (χ2v) is 4.28. The fourth-order valence-corrected chi connectivity index (χ4v) is 2.31. The first-order valence-electron chi connectivity index (χ1n) is 5.50. The summed E-state index contributed by atoms with van der Waals surface area (Å²) in [6.45, 7) is 3.22. The second-order valence-electron chi connectivity index (χ2n) is 3.87. The van der Waals surface area contributed by atoms with Gasteiger partial charge in [0.15, 0.2) is 0 Å². The number of hydrogen-bond donors (Lipinski definition) is 1. The third kappa shape index (κ3) is 2.55. The summed E-state index contributed by atoms with van der Waals surface area (Å²) < 4.78 is 5.30. The van der Waals surface area contributed by atoms with E-state index in [0.29, 0.717) is 5.02 Å². The van der Waals surface area contributed by atoms with Gasteiger partial charge >= 0.3 is 0 Å². The van der Waals surface area contributed by atoms with E-state index >= 15 is 0 Å². The summed E-state index contributed by atoms with van der Waals surface area (Å²) in [5.74, 6) is 0. The Kier molecular flexibility index (Phi) is 4.18. The van der Waals surface area contributed by atoms with Gasteiger partial charge in [0.25, 0.3) is 0 Å². The molecular weight excluding hydrogens is 226 g/mol. The molecule has 1 aliphatic rings. The summed E-state index contributed by atoms with van der Waals surface area (Å²) in [5, 5.41) is 10.2. The minimum atomic E-state index is -0.0161. The molecule has 16 heavy (non-hydrogen) atoms. The van der Waals surface area contributed by atoms with Gasteiger partial charge in [0, 0.05) is 18.1 Å². The molecule has 1 atom stereocenters. The van der Waals surface area contributed by atoms with Gasteiger partial charge in [0.2, 0.25) is 0 Å². The average Bonchev–Trinajstić information content (AvgIpc) is 2.34. The first-order chi connectivity index (χ1) is 7.83. The third-order valence-corrected chi connectivity index (χ3v) is 3.27. The van der Waals surface area contributed by atoms with Crippen LogP contribution in [-0.2, 0) is 4.74 Å². The molecule has 1 aliphatic heterocycles. The van der Waals surface area contributed by atoms with Gasteiger partial charge in [0.1, 0.15) is 0 Å². The van der Waals surface area contributed by atoms with Crippen molar-refractivity contribution in [2.75, 3.05) is 32.9 Å². The molecule has 0 amide bonds. The first kappa shape index (κ1) is 11.9. The van der Waals surface area contributed by atoms with Crippen molar-refractivity contribution in [3.63, 3.8) is 0 Å². The third-order valence-electron chi connectivity index (χ3n) is 2.92. The second kappa shape index (κ2) is 5.64. The van der Waals surface area contributed by atoms with Crippen LogP contribution in [0.3, 0.4) is 0 Å². The molecule has 0 unspecified atom stereocenters. The Morgan fingerprint density at radius 2 is 2.00 bits per heavy atom. The number of halogens is 1. The van der Waals surface area contributed by atoms with Crippen molar-refractivity contribution < 1.29 is 9.84 Å². The van der Waals surface area contributed by atoms with Crippen LogP contribution in [0.2, 0.25) is 5.02 Å². The van der Waals surface area contributed by atoms with Gasteiger partial charge in [-0.15, -0.1) is 0 Å². The van der Waals surface area contributed by atoms with Gasteiger partial charge in [-0.25, -0.2) is 0 Å². The number of benzene rings is 1. The van der Waals surface area contributed by atoms with Crippen molar-refractivity contribution in [1.29, 1.82) is 0 Å². The fourth-order valence-electron chi connectivity index (χ4n) is 2.04. The van der Waals surface area contributed by atoms with Gasteiger partial charge in [-0.1, -0.05) is 29.8 Å². The highest BCUT2D eigenvalue weighted by Crippen LogP contribution is 2.27. The standard InChI is InChI=1S/C12H16ClNO2/c13-11-4-2-1-3-10(11)12(9-15)14-5-7-16-8-6-14/h1-4,12,15H,5-9H2/t12-/m1/s1. The largest absolute Gasteiger partial charge is 0.394 e. The molecule has 0 bridgehead atoms.